The smallest absolute Gasteiger partial charge is 0.148 e. The van der Waals surface area contributed by atoms with E-state index in [1.165, 1.54) is 37.9 Å². The first-order valence-corrected chi connectivity index (χ1v) is 10.0. The van der Waals surface area contributed by atoms with E-state index >= 15 is 0 Å². The van der Waals surface area contributed by atoms with Crippen molar-refractivity contribution in [2.45, 2.75) is 31.8 Å². The van der Waals surface area contributed by atoms with E-state index in [0.717, 1.165) is 56.5 Å². The van der Waals surface area contributed by atoms with E-state index in [2.05, 4.69) is 33.9 Å². The average molecular weight is 354 g/mol. The molecule has 1 aliphatic carbocycles. The molecule has 0 radical (unpaired) electrons. The van der Waals surface area contributed by atoms with E-state index in [1.807, 2.05) is 6.07 Å². The van der Waals surface area contributed by atoms with Crippen LogP contribution in [0.4, 0.5) is 0 Å². The molecule has 3 aliphatic rings. The third kappa shape index (κ3) is 4.06. The van der Waals surface area contributed by atoms with Crippen LogP contribution in [-0.2, 0) is 11.3 Å². The van der Waals surface area contributed by atoms with Gasteiger partial charge in [-0.3, -0.25) is 9.80 Å². The summed E-state index contributed by atoms with van der Waals surface area (Å²) in [6.45, 7) is 7.82. The van der Waals surface area contributed by atoms with E-state index in [4.69, 9.17) is 15.9 Å². The zero-order chi connectivity index (χ0) is 17.8. The number of morpholine rings is 1. The first-order chi connectivity index (χ1) is 12.8. The van der Waals surface area contributed by atoms with Gasteiger partial charge in [0, 0.05) is 38.8 Å². The number of hydrogen-bond acceptors (Lipinski definition) is 4. The fourth-order valence-corrected chi connectivity index (χ4v) is 5.22. The maximum Gasteiger partial charge on any atom is 0.148 e. The van der Waals surface area contributed by atoms with Gasteiger partial charge in [0.1, 0.15) is 12.4 Å². The number of terminal acetylenes is 1. The highest BCUT2D eigenvalue weighted by Gasteiger charge is 2.42. The zero-order valence-corrected chi connectivity index (χ0v) is 15.6. The van der Waals surface area contributed by atoms with Gasteiger partial charge in [0.25, 0.3) is 0 Å². The Bertz CT molecular complexity index is 621. The van der Waals surface area contributed by atoms with E-state index < -0.39 is 0 Å². The Morgan fingerprint density at radius 3 is 2.65 bits per heavy atom. The largest absolute Gasteiger partial charge is 0.481 e. The molecule has 0 aromatic heterocycles. The van der Waals surface area contributed by atoms with Crippen molar-refractivity contribution in [1.29, 1.82) is 0 Å². The zero-order valence-electron chi connectivity index (χ0n) is 15.6. The van der Waals surface area contributed by atoms with Crippen LogP contribution in [0.25, 0.3) is 0 Å². The lowest BCUT2D eigenvalue weighted by Crippen LogP contribution is -2.59. The van der Waals surface area contributed by atoms with Crippen molar-refractivity contribution < 1.29 is 9.47 Å². The Labute approximate surface area is 157 Å². The summed E-state index contributed by atoms with van der Waals surface area (Å²) in [6, 6.07) is 9.17. The molecule has 0 amide bonds. The van der Waals surface area contributed by atoms with Gasteiger partial charge in [-0.05, 0) is 42.4 Å². The Balaban J connectivity index is 1.40. The van der Waals surface area contributed by atoms with Crippen molar-refractivity contribution in [3.05, 3.63) is 29.8 Å². The number of hydrogen-bond donors (Lipinski definition) is 0. The number of piperidine rings is 1. The topological polar surface area (TPSA) is 24.9 Å². The van der Waals surface area contributed by atoms with Crippen molar-refractivity contribution in [1.82, 2.24) is 9.80 Å². The van der Waals surface area contributed by atoms with Gasteiger partial charge in [0.05, 0.1) is 13.2 Å². The highest BCUT2D eigenvalue weighted by atomic mass is 16.5. The number of likely N-dealkylation sites (tertiary alicyclic amines) is 1. The molecule has 2 bridgehead atoms. The van der Waals surface area contributed by atoms with Crippen molar-refractivity contribution >= 4 is 0 Å². The van der Waals surface area contributed by atoms with E-state index in [1.54, 1.807) is 0 Å². The van der Waals surface area contributed by atoms with Crippen LogP contribution in [0, 0.1) is 24.2 Å². The van der Waals surface area contributed by atoms with Crippen molar-refractivity contribution in [3.8, 4) is 18.1 Å². The molecule has 2 atom stereocenters. The number of benzene rings is 1. The molecule has 2 aliphatic heterocycles. The third-order valence-corrected chi connectivity index (χ3v) is 6.20. The third-order valence-electron chi connectivity index (χ3n) is 6.20. The first kappa shape index (κ1) is 17.9. The summed E-state index contributed by atoms with van der Waals surface area (Å²) >= 11 is 0. The SMILES string of the molecule is C#CCOc1cccc(CN2CC3CCCC(C2)C3N2CCOCC2)c1. The minimum Gasteiger partial charge on any atom is -0.481 e. The number of nitrogens with zero attached hydrogens (tertiary/aromatic N) is 2. The van der Waals surface area contributed by atoms with Gasteiger partial charge in [-0.2, -0.15) is 0 Å². The molecule has 0 spiro atoms. The van der Waals surface area contributed by atoms with Crippen LogP contribution in [-0.4, -0.2) is 61.8 Å². The predicted molar refractivity (Wildman–Crippen MR) is 103 cm³/mol. The Morgan fingerprint density at radius 1 is 1.15 bits per heavy atom. The average Bonchev–Trinajstić information content (AvgIpc) is 2.67. The molecule has 140 valence electrons. The Morgan fingerprint density at radius 2 is 1.92 bits per heavy atom. The van der Waals surface area contributed by atoms with Crippen LogP contribution >= 0.6 is 0 Å². The second-order valence-electron chi connectivity index (χ2n) is 7.92. The van der Waals surface area contributed by atoms with Gasteiger partial charge < -0.3 is 9.47 Å². The molecule has 3 fully saturated rings. The van der Waals surface area contributed by atoms with Crippen LogP contribution < -0.4 is 4.74 Å². The first-order valence-electron chi connectivity index (χ1n) is 10.0. The summed E-state index contributed by atoms with van der Waals surface area (Å²) in [5.74, 6) is 5.03. The molecule has 0 N–H and O–H groups in total. The molecular weight excluding hydrogens is 324 g/mol. The molecule has 4 rings (SSSR count). The lowest BCUT2D eigenvalue weighted by Gasteiger charge is -2.52. The summed E-state index contributed by atoms with van der Waals surface area (Å²) < 4.78 is 11.2. The molecular formula is C22H30N2O2. The van der Waals surface area contributed by atoms with Gasteiger partial charge in [-0.15, -0.1) is 6.42 Å². The van der Waals surface area contributed by atoms with E-state index in [9.17, 15) is 0 Å². The van der Waals surface area contributed by atoms with Crippen molar-refractivity contribution in [3.63, 3.8) is 0 Å². The van der Waals surface area contributed by atoms with Crippen LogP contribution in [0.3, 0.4) is 0 Å². The highest BCUT2D eigenvalue weighted by molar-refractivity contribution is 5.29. The Kier molecular flexibility index (Phi) is 5.79. The molecule has 1 saturated carbocycles. The molecule has 4 nitrogen and oxygen atoms in total. The van der Waals surface area contributed by atoms with Crippen molar-refractivity contribution in [2.24, 2.45) is 11.8 Å². The summed E-state index contributed by atoms with van der Waals surface area (Å²) in [6.07, 6.45) is 9.45. The molecule has 1 aromatic carbocycles. The van der Waals surface area contributed by atoms with E-state index in [0.29, 0.717) is 6.61 Å². The lowest BCUT2D eigenvalue weighted by atomic mass is 9.72. The summed E-state index contributed by atoms with van der Waals surface area (Å²) in [7, 11) is 0. The Hall–Kier alpha value is -1.54. The van der Waals surface area contributed by atoms with Crippen LogP contribution in [0.1, 0.15) is 24.8 Å². The van der Waals surface area contributed by atoms with Crippen LogP contribution in [0.2, 0.25) is 0 Å². The molecule has 2 heterocycles. The van der Waals surface area contributed by atoms with Gasteiger partial charge in [-0.25, -0.2) is 0 Å². The summed E-state index contributed by atoms with van der Waals surface area (Å²) in [5, 5.41) is 0. The van der Waals surface area contributed by atoms with Crippen LogP contribution in [0.5, 0.6) is 5.75 Å². The molecule has 4 heteroatoms. The highest BCUT2D eigenvalue weighted by Crippen LogP contribution is 2.38. The molecule has 2 saturated heterocycles. The second kappa shape index (κ2) is 8.43. The summed E-state index contributed by atoms with van der Waals surface area (Å²) in [5.41, 5.74) is 1.32. The molecule has 2 unspecified atom stereocenters. The maximum atomic E-state index is 5.58. The summed E-state index contributed by atoms with van der Waals surface area (Å²) in [4.78, 5) is 5.38. The van der Waals surface area contributed by atoms with Gasteiger partial charge in [-0.1, -0.05) is 24.5 Å². The van der Waals surface area contributed by atoms with Gasteiger partial charge in [0.2, 0.25) is 0 Å². The monoisotopic (exact) mass is 354 g/mol. The fraction of sp³-hybridized carbons (Fsp3) is 0.636. The van der Waals surface area contributed by atoms with Crippen LogP contribution in [0.15, 0.2) is 24.3 Å². The molecule has 1 aromatic rings. The van der Waals surface area contributed by atoms with Crippen molar-refractivity contribution in [2.75, 3.05) is 46.0 Å². The number of ether oxygens (including phenoxy) is 2. The van der Waals surface area contributed by atoms with Gasteiger partial charge >= 0.3 is 0 Å². The predicted octanol–water partition coefficient (Wildman–Crippen LogP) is 2.63. The van der Waals surface area contributed by atoms with Gasteiger partial charge in [0.15, 0.2) is 0 Å². The minimum atomic E-state index is 0.332. The number of fused-ring (bicyclic) bond motifs is 2. The standard InChI is InChI=1S/C22H30N2O2/c1-2-11-26-21-8-3-5-18(14-21)15-23-16-19-6-4-7-20(17-23)22(19)24-9-12-25-13-10-24/h1,3,5,8,14,19-20,22H,4,6-7,9-13,15-17H2. The number of rotatable bonds is 5. The second-order valence-corrected chi connectivity index (χ2v) is 7.92. The minimum absolute atomic E-state index is 0.332. The molecule has 26 heavy (non-hydrogen) atoms. The quantitative estimate of drug-likeness (QED) is 0.759. The lowest BCUT2D eigenvalue weighted by molar-refractivity contribution is -0.0623. The van der Waals surface area contributed by atoms with E-state index in [-0.39, 0.29) is 0 Å². The normalized spacial score (nSPS) is 29.9. The fourth-order valence-electron chi connectivity index (χ4n) is 5.22. The maximum absolute atomic E-state index is 5.58.